The molecule has 0 aliphatic heterocycles. The number of benzene rings is 1. The maximum absolute atomic E-state index is 11.9. The summed E-state index contributed by atoms with van der Waals surface area (Å²) in [6.45, 7) is 2.54. The Kier molecular flexibility index (Phi) is 6.01. The van der Waals surface area contributed by atoms with Gasteiger partial charge in [-0.05, 0) is 30.2 Å². The van der Waals surface area contributed by atoms with Gasteiger partial charge in [0.15, 0.2) is 12.3 Å². The van der Waals surface area contributed by atoms with Crippen LogP contribution in [0.1, 0.15) is 18.2 Å². The molecule has 2 aromatic heterocycles. The van der Waals surface area contributed by atoms with Crippen LogP contribution in [0.15, 0.2) is 42.7 Å². The van der Waals surface area contributed by atoms with Gasteiger partial charge >= 0.3 is 0 Å². The second-order valence-electron chi connectivity index (χ2n) is 5.86. The fourth-order valence-corrected chi connectivity index (χ4v) is 3.07. The Hall–Kier alpha value is -2.24. The van der Waals surface area contributed by atoms with Crippen molar-refractivity contribution < 1.29 is 9.53 Å². The van der Waals surface area contributed by atoms with E-state index in [2.05, 4.69) is 17.2 Å². The van der Waals surface area contributed by atoms with E-state index in [-0.39, 0.29) is 12.5 Å². The number of carbonyl (C=O) groups is 1. The summed E-state index contributed by atoms with van der Waals surface area (Å²) in [6.07, 6.45) is 5.16. The third-order valence-corrected chi connectivity index (χ3v) is 4.41. The summed E-state index contributed by atoms with van der Waals surface area (Å²) in [6, 6.07) is 9.39. The van der Waals surface area contributed by atoms with Crippen molar-refractivity contribution >= 4 is 34.8 Å². The van der Waals surface area contributed by atoms with Gasteiger partial charge < -0.3 is 14.5 Å². The van der Waals surface area contributed by atoms with Crippen LogP contribution in [0, 0.1) is 0 Å². The third kappa shape index (κ3) is 4.68. The Morgan fingerprint density at radius 3 is 2.73 bits per heavy atom. The van der Waals surface area contributed by atoms with Gasteiger partial charge in [0.2, 0.25) is 0 Å². The molecule has 0 saturated heterocycles. The molecule has 0 unspecified atom stereocenters. The molecule has 2 heterocycles. The summed E-state index contributed by atoms with van der Waals surface area (Å²) in [5.74, 6) is 0.513. The van der Waals surface area contributed by atoms with Crippen molar-refractivity contribution in [2.75, 3.05) is 13.2 Å². The van der Waals surface area contributed by atoms with E-state index in [0.29, 0.717) is 34.4 Å². The number of imidazole rings is 1. The Labute approximate surface area is 161 Å². The molecule has 0 fully saturated rings. The monoisotopic (exact) mass is 391 g/mol. The van der Waals surface area contributed by atoms with Crippen LogP contribution in [0.2, 0.25) is 10.0 Å². The number of hydrogen-bond acceptors (Lipinski definition) is 3. The van der Waals surface area contributed by atoms with E-state index in [1.54, 1.807) is 16.7 Å². The van der Waals surface area contributed by atoms with Gasteiger partial charge in [0.1, 0.15) is 5.75 Å². The summed E-state index contributed by atoms with van der Waals surface area (Å²) in [5, 5.41) is 3.86. The van der Waals surface area contributed by atoms with E-state index in [1.807, 2.05) is 30.5 Å². The number of hydrogen-bond donors (Lipinski definition) is 1. The minimum absolute atomic E-state index is 0.0158. The zero-order valence-electron chi connectivity index (χ0n) is 14.3. The van der Waals surface area contributed by atoms with Gasteiger partial charge in [0.25, 0.3) is 5.91 Å². The molecule has 3 rings (SSSR count). The first-order valence-electron chi connectivity index (χ1n) is 8.36. The molecule has 1 N–H and O–H groups in total. The van der Waals surface area contributed by atoms with Gasteiger partial charge in [0.05, 0.1) is 15.7 Å². The molecule has 0 aliphatic rings. The van der Waals surface area contributed by atoms with E-state index >= 15 is 0 Å². The van der Waals surface area contributed by atoms with Crippen molar-refractivity contribution in [2.24, 2.45) is 0 Å². The molecule has 1 amide bonds. The largest absolute Gasteiger partial charge is 0.484 e. The number of nitrogens with one attached hydrogen (secondary N) is 1. The van der Waals surface area contributed by atoms with E-state index in [4.69, 9.17) is 27.9 Å². The van der Waals surface area contributed by atoms with Crippen LogP contribution in [0.25, 0.3) is 5.65 Å². The van der Waals surface area contributed by atoms with Crippen LogP contribution in [0.4, 0.5) is 0 Å². The average molecular weight is 392 g/mol. The van der Waals surface area contributed by atoms with E-state index in [9.17, 15) is 4.79 Å². The summed E-state index contributed by atoms with van der Waals surface area (Å²) in [4.78, 5) is 16.4. The molecule has 0 saturated carbocycles. The number of fused-ring (bicyclic) bond motifs is 1. The lowest BCUT2D eigenvalue weighted by molar-refractivity contribution is -0.123. The average Bonchev–Trinajstić information content (AvgIpc) is 3.03. The van der Waals surface area contributed by atoms with Crippen LogP contribution < -0.4 is 10.1 Å². The Bertz CT molecular complexity index is 907. The summed E-state index contributed by atoms with van der Waals surface area (Å²) in [7, 11) is 0. The predicted octanol–water partition coefficient (Wildman–Crippen LogP) is 3.94. The molecular weight excluding hydrogens is 373 g/mol. The first-order valence-corrected chi connectivity index (χ1v) is 9.12. The fraction of sp³-hybridized carbons (Fsp3) is 0.263. The molecule has 7 heteroatoms. The molecule has 136 valence electrons. The lowest BCUT2D eigenvalue weighted by Gasteiger charge is -2.07. The highest BCUT2D eigenvalue weighted by molar-refractivity contribution is 6.36. The Morgan fingerprint density at radius 2 is 2.00 bits per heavy atom. The predicted molar refractivity (Wildman–Crippen MR) is 103 cm³/mol. The maximum Gasteiger partial charge on any atom is 0.257 e. The van der Waals surface area contributed by atoms with Gasteiger partial charge in [-0.3, -0.25) is 4.79 Å². The normalized spacial score (nSPS) is 10.9. The molecule has 5 nitrogen and oxygen atoms in total. The highest BCUT2D eigenvalue weighted by atomic mass is 35.5. The van der Waals surface area contributed by atoms with Crippen LogP contribution in [-0.2, 0) is 17.6 Å². The van der Waals surface area contributed by atoms with Crippen molar-refractivity contribution in [3.8, 4) is 5.75 Å². The highest BCUT2D eigenvalue weighted by Crippen LogP contribution is 2.21. The first kappa shape index (κ1) is 18.5. The third-order valence-electron chi connectivity index (χ3n) is 3.93. The lowest BCUT2D eigenvalue weighted by atomic mass is 10.2. The lowest BCUT2D eigenvalue weighted by Crippen LogP contribution is -2.30. The number of rotatable bonds is 7. The molecule has 3 aromatic rings. The van der Waals surface area contributed by atoms with E-state index in [0.717, 1.165) is 12.1 Å². The fourth-order valence-electron chi connectivity index (χ4n) is 2.55. The van der Waals surface area contributed by atoms with Gasteiger partial charge in [-0.1, -0.05) is 42.3 Å². The summed E-state index contributed by atoms with van der Waals surface area (Å²) < 4.78 is 7.27. The molecule has 26 heavy (non-hydrogen) atoms. The Balaban J connectivity index is 1.46. The minimum Gasteiger partial charge on any atom is -0.484 e. The van der Waals surface area contributed by atoms with Crippen molar-refractivity contribution in [1.29, 1.82) is 0 Å². The molecule has 0 bridgehead atoms. The Morgan fingerprint density at radius 1 is 1.23 bits per heavy atom. The molecule has 1 aromatic carbocycles. The number of aromatic nitrogens is 2. The molecule has 0 aliphatic carbocycles. The SMILES string of the molecule is CCc1ccc(OCC(=O)NCCc2cn3cc(Cl)cc(Cl)c3n2)cc1. The number of pyridine rings is 1. The number of halogens is 2. The molecule has 0 radical (unpaired) electrons. The van der Waals surface area contributed by atoms with Gasteiger partial charge in [-0.15, -0.1) is 0 Å². The second kappa shape index (κ2) is 8.43. The van der Waals surface area contributed by atoms with Crippen molar-refractivity contribution in [1.82, 2.24) is 14.7 Å². The van der Waals surface area contributed by atoms with Crippen LogP contribution in [-0.4, -0.2) is 28.4 Å². The highest BCUT2D eigenvalue weighted by Gasteiger charge is 2.08. The standard InChI is InChI=1S/C19H19Cl2N3O2/c1-2-13-3-5-16(6-4-13)26-12-18(25)22-8-7-15-11-24-10-14(20)9-17(21)19(24)23-15/h3-6,9-11H,2,7-8,12H2,1H3,(H,22,25). The minimum atomic E-state index is -0.172. The number of amides is 1. The smallest absolute Gasteiger partial charge is 0.257 e. The quantitative estimate of drug-likeness (QED) is 0.663. The van der Waals surface area contributed by atoms with E-state index < -0.39 is 0 Å². The van der Waals surface area contributed by atoms with Gasteiger partial charge in [-0.2, -0.15) is 0 Å². The van der Waals surface area contributed by atoms with Crippen molar-refractivity contribution in [2.45, 2.75) is 19.8 Å². The van der Waals surface area contributed by atoms with E-state index in [1.165, 1.54) is 5.56 Å². The van der Waals surface area contributed by atoms with Gasteiger partial charge in [-0.25, -0.2) is 4.98 Å². The van der Waals surface area contributed by atoms with Crippen LogP contribution in [0.5, 0.6) is 5.75 Å². The molecule has 0 spiro atoms. The number of ether oxygens (including phenoxy) is 1. The molecular formula is C19H19Cl2N3O2. The topological polar surface area (TPSA) is 55.6 Å². The molecule has 0 atom stereocenters. The zero-order chi connectivity index (χ0) is 18.5. The second-order valence-corrected chi connectivity index (χ2v) is 6.70. The first-order chi connectivity index (χ1) is 12.5. The maximum atomic E-state index is 11.9. The number of aryl methyl sites for hydroxylation is 1. The van der Waals surface area contributed by atoms with Crippen molar-refractivity contribution in [3.05, 3.63) is 64.0 Å². The zero-order valence-corrected chi connectivity index (χ0v) is 15.8. The number of nitrogens with zero attached hydrogens (tertiary/aromatic N) is 2. The van der Waals surface area contributed by atoms with Crippen LogP contribution >= 0.6 is 23.2 Å². The number of carbonyl (C=O) groups excluding carboxylic acids is 1. The summed E-state index contributed by atoms with van der Waals surface area (Å²) in [5.41, 5.74) is 2.71. The summed E-state index contributed by atoms with van der Waals surface area (Å²) >= 11 is 12.1. The van der Waals surface area contributed by atoms with Crippen LogP contribution in [0.3, 0.4) is 0 Å². The van der Waals surface area contributed by atoms with Crippen molar-refractivity contribution in [3.63, 3.8) is 0 Å². The van der Waals surface area contributed by atoms with Gasteiger partial charge in [0, 0.05) is 25.4 Å².